The van der Waals surface area contributed by atoms with Gasteiger partial charge in [0.15, 0.2) is 0 Å². The summed E-state index contributed by atoms with van der Waals surface area (Å²) in [6, 6.07) is 8.32. The average molecular weight is 502 g/mol. The van der Waals surface area contributed by atoms with Gasteiger partial charge in [-0.05, 0) is 75.0 Å². The van der Waals surface area contributed by atoms with Crippen molar-refractivity contribution in [3.8, 4) is 5.75 Å². The second-order valence-electron chi connectivity index (χ2n) is 10.2. The highest BCUT2D eigenvalue weighted by atomic mass is 16.5. The van der Waals surface area contributed by atoms with Gasteiger partial charge in [-0.1, -0.05) is 43.2 Å². The van der Waals surface area contributed by atoms with E-state index in [1.807, 2.05) is 12.2 Å². The van der Waals surface area contributed by atoms with Crippen LogP contribution in [-0.4, -0.2) is 43.4 Å². The summed E-state index contributed by atoms with van der Waals surface area (Å²) in [5.74, 6) is 2.76. The topological polar surface area (TPSA) is 51.2 Å². The molecule has 1 aromatic carbocycles. The molecule has 1 aromatic rings. The first-order valence-corrected chi connectivity index (χ1v) is 13.7. The van der Waals surface area contributed by atoms with Crippen LogP contribution in [-0.2, 0) is 9.47 Å². The van der Waals surface area contributed by atoms with E-state index in [1.54, 1.807) is 13.2 Å². The highest BCUT2D eigenvalue weighted by Gasteiger charge is 2.33. The van der Waals surface area contributed by atoms with E-state index in [9.17, 15) is 5.11 Å². The number of hydrogen-bond donors (Lipinski definition) is 1. The molecule has 0 spiro atoms. The van der Waals surface area contributed by atoms with Crippen LogP contribution in [0.15, 0.2) is 94.2 Å². The van der Waals surface area contributed by atoms with Gasteiger partial charge in [0.25, 0.3) is 0 Å². The third-order valence-electron chi connectivity index (χ3n) is 7.67. The minimum absolute atomic E-state index is 0.286. The number of ether oxygens (including phenoxy) is 3. The van der Waals surface area contributed by atoms with Crippen molar-refractivity contribution in [1.29, 1.82) is 0 Å². The molecule has 2 aliphatic carbocycles. The van der Waals surface area contributed by atoms with Gasteiger partial charge in [-0.2, -0.15) is 0 Å². The lowest BCUT2D eigenvalue weighted by Gasteiger charge is -2.34. The summed E-state index contributed by atoms with van der Waals surface area (Å²) in [6.07, 6.45) is 17.7. The molecule has 196 valence electrons. The number of rotatable bonds is 7. The smallest absolute Gasteiger partial charge is 0.150 e. The number of hydrogen-bond acceptors (Lipinski definition) is 5. The molecular weight excluding hydrogens is 462 g/mol. The predicted octanol–water partition coefficient (Wildman–Crippen LogP) is 7.24. The van der Waals surface area contributed by atoms with Crippen LogP contribution in [0.3, 0.4) is 0 Å². The second kappa shape index (κ2) is 11.9. The zero-order valence-electron chi connectivity index (χ0n) is 22.2. The standard InChI is InChI=1S/C32H39NO4/c1-23-27-11-5-6-13-29(27)37-32(31(23)28-12-9-10-25(34)22-30(28)35-2)24-14-16-26(17-15-24)36-21-20-33-18-7-3-4-8-19-33/h9,11-17,22,32,34H,3-8,10,18-21H2,1-2H3. The van der Waals surface area contributed by atoms with Crippen LogP contribution in [0.5, 0.6) is 5.75 Å². The van der Waals surface area contributed by atoms with Gasteiger partial charge in [0, 0.05) is 35.8 Å². The lowest BCUT2D eigenvalue weighted by atomic mass is 9.83. The SMILES string of the molecule is COC1=C(C2=C(C)C3=CCCC=C3OC2c2ccc(OCCN3CCCCCC3)cc2)C=CCC(O)=C1. The van der Waals surface area contributed by atoms with Gasteiger partial charge < -0.3 is 19.3 Å². The average Bonchev–Trinajstić information content (AvgIpc) is 3.29. The van der Waals surface area contributed by atoms with E-state index in [4.69, 9.17) is 14.2 Å². The van der Waals surface area contributed by atoms with Crippen LogP contribution in [0.2, 0.25) is 0 Å². The number of aliphatic hydroxyl groups is 1. The van der Waals surface area contributed by atoms with Crippen molar-refractivity contribution in [3.05, 3.63) is 99.8 Å². The number of fused-ring (bicyclic) bond motifs is 1. The van der Waals surface area contributed by atoms with E-state index in [0.717, 1.165) is 53.2 Å². The molecule has 1 fully saturated rings. The van der Waals surface area contributed by atoms with Gasteiger partial charge in [-0.3, -0.25) is 4.90 Å². The quantitative estimate of drug-likeness (QED) is 0.427. The number of benzene rings is 1. The molecule has 5 rings (SSSR count). The Morgan fingerprint density at radius 3 is 2.54 bits per heavy atom. The van der Waals surface area contributed by atoms with Crippen molar-refractivity contribution in [2.75, 3.05) is 33.4 Å². The van der Waals surface area contributed by atoms with Gasteiger partial charge in [0.1, 0.15) is 30.0 Å². The summed E-state index contributed by atoms with van der Waals surface area (Å²) in [5.41, 5.74) is 5.41. The molecule has 0 amide bonds. The molecule has 4 aliphatic rings. The Balaban J connectivity index is 1.41. The Hall–Kier alpha value is -3.18. The van der Waals surface area contributed by atoms with Gasteiger partial charge in [0.05, 0.1) is 12.9 Å². The first-order chi connectivity index (χ1) is 18.1. The zero-order valence-corrected chi connectivity index (χ0v) is 22.2. The maximum absolute atomic E-state index is 10.3. The summed E-state index contributed by atoms with van der Waals surface area (Å²) in [7, 11) is 1.65. The molecule has 5 nitrogen and oxygen atoms in total. The molecule has 1 unspecified atom stereocenters. The monoisotopic (exact) mass is 501 g/mol. The Kier molecular flexibility index (Phi) is 8.20. The fourth-order valence-electron chi connectivity index (χ4n) is 5.66. The lowest BCUT2D eigenvalue weighted by molar-refractivity contribution is 0.145. The van der Waals surface area contributed by atoms with E-state index in [-0.39, 0.29) is 11.9 Å². The summed E-state index contributed by atoms with van der Waals surface area (Å²) in [4.78, 5) is 2.52. The Labute approximate surface area is 221 Å². The third kappa shape index (κ3) is 5.88. The molecular formula is C32H39NO4. The fraction of sp³-hybridized carbons (Fsp3) is 0.438. The van der Waals surface area contributed by atoms with Crippen molar-refractivity contribution in [2.45, 2.75) is 58.0 Å². The van der Waals surface area contributed by atoms with Crippen LogP contribution < -0.4 is 4.74 Å². The molecule has 1 N–H and O–H groups in total. The number of likely N-dealkylation sites (tertiary alicyclic amines) is 1. The van der Waals surface area contributed by atoms with Crippen molar-refractivity contribution in [3.63, 3.8) is 0 Å². The Morgan fingerprint density at radius 2 is 1.78 bits per heavy atom. The van der Waals surface area contributed by atoms with E-state index in [0.29, 0.717) is 18.8 Å². The number of methoxy groups -OCH3 is 1. The maximum atomic E-state index is 10.3. The van der Waals surface area contributed by atoms with Gasteiger partial charge in [0.2, 0.25) is 0 Å². The van der Waals surface area contributed by atoms with Crippen molar-refractivity contribution >= 4 is 0 Å². The van der Waals surface area contributed by atoms with Crippen LogP contribution in [0.4, 0.5) is 0 Å². The van der Waals surface area contributed by atoms with Gasteiger partial charge in [-0.25, -0.2) is 0 Å². The van der Waals surface area contributed by atoms with Crippen molar-refractivity contribution < 1.29 is 19.3 Å². The second-order valence-corrected chi connectivity index (χ2v) is 10.2. The Bertz CT molecular complexity index is 1160. The molecule has 0 aromatic heterocycles. The molecule has 37 heavy (non-hydrogen) atoms. The van der Waals surface area contributed by atoms with Crippen LogP contribution >= 0.6 is 0 Å². The lowest BCUT2D eigenvalue weighted by Crippen LogP contribution is -2.29. The molecule has 0 saturated carbocycles. The van der Waals surface area contributed by atoms with Crippen molar-refractivity contribution in [1.82, 2.24) is 4.90 Å². The minimum atomic E-state index is -0.286. The first kappa shape index (κ1) is 25.5. The number of aliphatic hydroxyl groups excluding tert-OH is 1. The fourth-order valence-corrected chi connectivity index (χ4v) is 5.66. The van der Waals surface area contributed by atoms with E-state index >= 15 is 0 Å². The molecule has 1 saturated heterocycles. The summed E-state index contributed by atoms with van der Waals surface area (Å²) < 4.78 is 18.5. The maximum Gasteiger partial charge on any atom is 0.150 e. The van der Waals surface area contributed by atoms with E-state index < -0.39 is 0 Å². The molecule has 2 aliphatic heterocycles. The summed E-state index contributed by atoms with van der Waals surface area (Å²) in [6.45, 7) is 6.21. The zero-order chi connectivity index (χ0) is 25.6. The molecule has 5 heteroatoms. The largest absolute Gasteiger partial charge is 0.512 e. The normalized spacial score (nSPS) is 22.8. The van der Waals surface area contributed by atoms with Crippen LogP contribution in [0.25, 0.3) is 0 Å². The molecule has 0 bridgehead atoms. The number of allylic oxidation sites excluding steroid dienone is 6. The molecule has 2 heterocycles. The van der Waals surface area contributed by atoms with Crippen LogP contribution in [0, 0.1) is 0 Å². The molecule has 0 radical (unpaired) electrons. The predicted molar refractivity (Wildman–Crippen MR) is 147 cm³/mol. The summed E-state index contributed by atoms with van der Waals surface area (Å²) >= 11 is 0. The van der Waals surface area contributed by atoms with Gasteiger partial charge >= 0.3 is 0 Å². The highest BCUT2D eigenvalue weighted by Crippen LogP contribution is 2.47. The molecule has 1 atom stereocenters. The van der Waals surface area contributed by atoms with Crippen LogP contribution in [0.1, 0.15) is 63.5 Å². The first-order valence-electron chi connectivity index (χ1n) is 13.7. The Morgan fingerprint density at radius 1 is 1.03 bits per heavy atom. The summed E-state index contributed by atoms with van der Waals surface area (Å²) in [5, 5.41) is 10.3. The minimum Gasteiger partial charge on any atom is -0.512 e. The van der Waals surface area contributed by atoms with Gasteiger partial charge in [-0.15, -0.1) is 0 Å². The van der Waals surface area contributed by atoms with E-state index in [1.165, 1.54) is 44.3 Å². The van der Waals surface area contributed by atoms with E-state index in [2.05, 4.69) is 48.2 Å². The number of nitrogens with zero attached hydrogens (tertiary/aromatic N) is 1. The highest BCUT2D eigenvalue weighted by molar-refractivity contribution is 5.61. The third-order valence-corrected chi connectivity index (χ3v) is 7.67. The van der Waals surface area contributed by atoms with Crippen molar-refractivity contribution in [2.24, 2.45) is 0 Å².